The first-order valence-corrected chi connectivity index (χ1v) is 5.83. The Bertz CT molecular complexity index is 409. The van der Waals surface area contributed by atoms with Crippen LogP contribution in [-0.4, -0.2) is 19.6 Å². The normalized spacial score (nSPS) is 11.2. The molecule has 6 heteroatoms. The number of halogens is 1. The average molecular weight is 254 g/mol. The Kier molecular flexibility index (Phi) is 5.93. The summed E-state index contributed by atoms with van der Waals surface area (Å²) in [6.45, 7) is 2.76. The van der Waals surface area contributed by atoms with E-state index in [0.717, 1.165) is 12.8 Å². The largest absolute Gasteiger partial charge is 0.494 e. The second kappa shape index (κ2) is 7.50. The number of guanidine groups is 1. The number of nitrogens with zero attached hydrogens (tertiary/aromatic N) is 1. The molecule has 0 aliphatic carbocycles. The van der Waals surface area contributed by atoms with Crippen molar-refractivity contribution in [3.8, 4) is 5.75 Å². The minimum atomic E-state index is -0.359. The van der Waals surface area contributed by atoms with Crippen LogP contribution in [0.1, 0.15) is 19.8 Å². The van der Waals surface area contributed by atoms with Crippen molar-refractivity contribution in [1.82, 2.24) is 5.43 Å². The molecule has 0 heterocycles. The van der Waals surface area contributed by atoms with Gasteiger partial charge >= 0.3 is 0 Å². The summed E-state index contributed by atoms with van der Waals surface area (Å²) in [4.78, 5) is 4.25. The Morgan fingerprint density at radius 1 is 1.50 bits per heavy atom. The van der Waals surface area contributed by atoms with Gasteiger partial charge in [-0.2, -0.15) is 0 Å². The number of nitrogens with one attached hydrogen (secondary N) is 2. The van der Waals surface area contributed by atoms with Gasteiger partial charge in [0.15, 0.2) is 0 Å². The molecule has 0 bridgehead atoms. The van der Waals surface area contributed by atoms with Crippen molar-refractivity contribution in [2.45, 2.75) is 19.8 Å². The van der Waals surface area contributed by atoms with Gasteiger partial charge in [-0.1, -0.05) is 13.3 Å². The van der Waals surface area contributed by atoms with Crippen molar-refractivity contribution in [2.75, 3.05) is 19.0 Å². The third-order valence-corrected chi connectivity index (χ3v) is 2.33. The third-order valence-electron chi connectivity index (χ3n) is 2.33. The fraction of sp³-hybridized carbons (Fsp3) is 0.417. The number of hydrazine groups is 1. The van der Waals surface area contributed by atoms with E-state index in [0.29, 0.717) is 23.9 Å². The zero-order valence-corrected chi connectivity index (χ0v) is 10.7. The molecule has 1 aromatic carbocycles. The zero-order valence-electron chi connectivity index (χ0n) is 10.7. The second-order valence-corrected chi connectivity index (χ2v) is 3.70. The quantitative estimate of drug-likeness (QED) is 0.246. The molecule has 0 aromatic heterocycles. The molecule has 0 unspecified atom stereocenters. The van der Waals surface area contributed by atoms with E-state index in [2.05, 4.69) is 22.7 Å². The maximum atomic E-state index is 13.0. The van der Waals surface area contributed by atoms with Crippen LogP contribution in [0, 0.1) is 5.82 Å². The fourth-order valence-corrected chi connectivity index (χ4v) is 1.37. The van der Waals surface area contributed by atoms with Crippen LogP contribution in [0.2, 0.25) is 0 Å². The van der Waals surface area contributed by atoms with Gasteiger partial charge in [-0.15, -0.1) is 0 Å². The van der Waals surface area contributed by atoms with E-state index in [-0.39, 0.29) is 5.82 Å². The molecular formula is C12H19FN4O. The molecule has 4 N–H and O–H groups in total. The van der Waals surface area contributed by atoms with E-state index in [1.807, 2.05) is 0 Å². The van der Waals surface area contributed by atoms with Crippen molar-refractivity contribution >= 4 is 11.6 Å². The van der Waals surface area contributed by atoms with Crippen LogP contribution in [0.5, 0.6) is 5.75 Å². The Hall–Kier alpha value is -1.82. The summed E-state index contributed by atoms with van der Waals surface area (Å²) in [6, 6.07) is 4.20. The SMILES string of the molecule is CCCCN=C(NN)Nc1ccc(F)cc1OC. The van der Waals surface area contributed by atoms with Crippen LogP contribution in [0.3, 0.4) is 0 Å². The lowest BCUT2D eigenvalue weighted by Gasteiger charge is -2.12. The van der Waals surface area contributed by atoms with Gasteiger partial charge in [0.1, 0.15) is 11.6 Å². The van der Waals surface area contributed by atoms with E-state index < -0.39 is 0 Å². The first-order chi connectivity index (χ1) is 8.71. The first-order valence-electron chi connectivity index (χ1n) is 5.83. The molecule has 0 amide bonds. The highest BCUT2D eigenvalue weighted by Gasteiger charge is 2.06. The summed E-state index contributed by atoms with van der Waals surface area (Å²) in [5.74, 6) is 5.83. The highest BCUT2D eigenvalue weighted by atomic mass is 19.1. The Morgan fingerprint density at radius 2 is 2.28 bits per heavy atom. The lowest BCUT2D eigenvalue weighted by Crippen LogP contribution is -2.36. The predicted molar refractivity (Wildman–Crippen MR) is 71.1 cm³/mol. The number of ether oxygens (including phenoxy) is 1. The minimum Gasteiger partial charge on any atom is -0.494 e. The van der Waals surface area contributed by atoms with Crippen LogP contribution in [0.4, 0.5) is 10.1 Å². The number of benzene rings is 1. The topological polar surface area (TPSA) is 71.7 Å². The number of rotatable bonds is 5. The molecule has 0 atom stereocenters. The standard InChI is InChI=1S/C12H19FN4O/c1-3-4-7-15-12(17-14)16-10-6-5-9(13)8-11(10)18-2/h5-6,8H,3-4,7,14H2,1-2H3,(H2,15,16,17). The Labute approximate surface area is 106 Å². The molecule has 5 nitrogen and oxygen atoms in total. The van der Waals surface area contributed by atoms with E-state index in [1.54, 1.807) is 6.07 Å². The Morgan fingerprint density at radius 3 is 2.89 bits per heavy atom. The summed E-state index contributed by atoms with van der Waals surface area (Å²) < 4.78 is 18.1. The molecule has 1 aromatic rings. The van der Waals surface area contributed by atoms with Crippen molar-refractivity contribution in [1.29, 1.82) is 0 Å². The highest BCUT2D eigenvalue weighted by molar-refractivity contribution is 5.94. The van der Waals surface area contributed by atoms with Crippen molar-refractivity contribution in [3.05, 3.63) is 24.0 Å². The summed E-state index contributed by atoms with van der Waals surface area (Å²) >= 11 is 0. The van der Waals surface area contributed by atoms with E-state index >= 15 is 0 Å². The van der Waals surface area contributed by atoms with E-state index in [1.165, 1.54) is 19.2 Å². The Balaban J connectivity index is 2.78. The molecule has 0 spiro atoms. The smallest absolute Gasteiger partial charge is 0.210 e. The van der Waals surface area contributed by atoms with Gasteiger partial charge in [0.25, 0.3) is 0 Å². The molecule has 18 heavy (non-hydrogen) atoms. The van der Waals surface area contributed by atoms with E-state index in [9.17, 15) is 4.39 Å². The molecule has 0 radical (unpaired) electrons. The number of methoxy groups -OCH3 is 1. The number of hydrogen-bond donors (Lipinski definition) is 3. The fourth-order valence-electron chi connectivity index (χ4n) is 1.37. The molecule has 0 saturated heterocycles. The monoisotopic (exact) mass is 254 g/mol. The molecule has 1 rings (SSSR count). The number of anilines is 1. The van der Waals surface area contributed by atoms with Gasteiger partial charge in [0.05, 0.1) is 12.8 Å². The molecule has 0 aliphatic rings. The van der Waals surface area contributed by atoms with Crippen LogP contribution in [0.25, 0.3) is 0 Å². The lowest BCUT2D eigenvalue weighted by atomic mass is 10.3. The van der Waals surface area contributed by atoms with Crippen LogP contribution in [-0.2, 0) is 0 Å². The maximum absolute atomic E-state index is 13.0. The van der Waals surface area contributed by atoms with Gasteiger partial charge in [-0.25, -0.2) is 10.2 Å². The number of unbranched alkanes of at least 4 members (excludes halogenated alkanes) is 1. The first kappa shape index (κ1) is 14.2. The molecule has 0 aliphatic heterocycles. The highest BCUT2D eigenvalue weighted by Crippen LogP contribution is 2.24. The summed E-state index contributed by atoms with van der Waals surface area (Å²) in [5.41, 5.74) is 3.07. The summed E-state index contributed by atoms with van der Waals surface area (Å²) in [6.07, 6.45) is 2.04. The van der Waals surface area contributed by atoms with Gasteiger partial charge in [-0.05, 0) is 18.6 Å². The second-order valence-electron chi connectivity index (χ2n) is 3.70. The molecular weight excluding hydrogens is 235 g/mol. The zero-order chi connectivity index (χ0) is 13.4. The van der Waals surface area contributed by atoms with Crippen molar-refractivity contribution in [2.24, 2.45) is 10.8 Å². The van der Waals surface area contributed by atoms with Gasteiger partial charge < -0.3 is 10.1 Å². The third kappa shape index (κ3) is 4.21. The van der Waals surface area contributed by atoms with Crippen molar-refractivity contribution < 1.29 is 9.13 Å². The minimum absolute atomic E-state index is 0.359. The molecule has 0 fully saturated rings. The summed E-state index contributed by atoms with van der Waals surface area (Å²) in [5, 5.41) is 2.96. The van der Waals surface area contributed by atoms with Gasteiger partial charge in [0.2, 0.25) is 5.96 Å². The van der Waals surface area contributed by atoms with E-state index in [4.69, 9.17) is 10.6 Å². The molecule has 0 saturated carbocycles. The van der Waals surface area contributed by atoms with Gasteiger partial charge in [-0.3, -0.25) is 10.4 Å². The summed E-state index contributed by atoms with van der Waals surface area (Å²) in [7, 11) is 1.48. The van der Waals surface area contributed by atoms with Crippen LogP contribution >= 0.6 is 0 Å². The number of hydrogen-bond acceptors (Lipinski definition) is 3. The maximum Gasteiger partial charge on any atom is 0.210 e. The van der Waals surface area contributed by atoms with Gasteiger partial charge in [0, 0.05) is 12.6 Å². The number of aliphatic imine (C=N–C) groups is 1. The number of nitrogens with two attached hydrogens (primary N) is 1. The van der Waals surface area contributed by atoms with Crippen LogP contribution < -0.4 is 21.3 Å². The van der Waals surface area contributed by atoms with Crippen LogP contribution in [0.15, 0.2) is 23.2 Å². The van der Waals surface area contributed by atoms with Crippen molar-refractivity contribution in [3.63, 3.8) is 0 Å². The molecule has 100 valence electrons. The predicted octanol–water partition coefficient (Wildman–Crippen LogP) is 1.87. The average Bonchev–Trinajstić information content (AvgIpc) is 2.39. The lowest BCUT2D eigenvalue weighted by molar-refractivity contribution is 0.413.